The van der Waals surface area contributed by atoms with Gasteiger partial charge in [-0.3, -0.25) is 9.59 Å². The second-order valence-corrected chi connectivity index (χ2v) is 7.41. The number of anilines is 1. The van der Waals surface area contributed by atoms with Crippen LogP contribution >= 0.6 is 0 Å². The number of amides is 2. The number of likely N-dealkylation sites (N-methyl/N-ethyl adjacent to an activating group) is 1. The zero-order chi connectivity index (χ0) is 21.1. The summed E-state index contributed by atoms with van der Waals surface area (Å²) in [6.07, 6.45) is 2.19. The molecule has 0 bridgehead atoms. The maximum atomic E-state index is 13.1. The molecule has 7 heteroatoms. The third kappa shape index (κ3) is 4.35. The highest BCUT2D eigenvalue weighted by Gasteiger charge is 2.30. The maximum absolute atomic E-state index is 13.1. The van der Waals surface area contributed by atoms with E-state index in [1.54, 1.807) is 43.1 Å². The molecule has 1 aromatic heterocycles. The predicted molar refractivity (Wildman–Crippen MR) is 114 cm³/mol. The van der Waals surface area contributed by atoms with E-state index in [1.165, 1.54) is 4.90 Å². The van der Waals surface area contributed by atoms with Gasteiger partial charge in [-0.1, -0.05) is 18.2 Å². The fourth-order valence-corrected chi connectivity index (χ4v) is 3.25. The summed E-state index contributed by atoms with van der Waals surface area (Å²) in [5, 5.41) is 7.47. The van der Waals surface area contributed by atoms with Gasteiger partial charge in [-0.05, 0) is 55.3 Å². The van der Waals surface area contributed by atoms with Gasteiger partial charge in [-0.25, -0.2) is 4.68 Å². The Bertz CT molecular complexity index is 1040. The van der Waals surface area contributed by atoms with E-state index in [1.807, 2.05) is 36.4 Å². The van der Waals surface area contributed by atoms with Crippen LogP contribution in [-0.4, -0.2) is 47.2 Å². The molecule has 2 amide bonds. The van der Waals surface area contributed by atoms with Crippen LogP contribution in [-0.2, 0) is 4.79 Å². The van der Waals surface area contributed by atoms with Gasteiger partial charge in [-0.15, -0.1) is 0 Å². The van der Waals surface area contributed by atoms with Gasteiger partial charge in [0, 0.05) is 18.7 Å². The molecule has 3 aromatic rings. The van der Waals surface area contributed by atoms with Crippen molar-refractivity contribution in [2.24, 2.45) is 0 Å². The average molecular weight is 404 g/mol. The van der Waals surface area contributed by atoms with Crippen molar-refractivity contribution in [1.29, 1.82) is 0 Å². The highest BCUT2D eigenvalue weighted by atomic mass is 16.5. The van der Waals surface area contributed by atoms with Crippen molar-refractivity contribution >= 4 is 17.5 Å². The molecule has 1 heterocycles. The van der Waals surface area contributed by atoms with Crippen LogP contribution in [0.5, 0.6) is 5.75 Å². The number of benzene rings is 2. The predicted octanol–water partition coefficient (Wildman–Crippen LogP) is 3.47. The summed E-state index contributed by atoms with van der Waals surface area (Å²) in [7, 11) is 3.21. The molecule has 30 heavy (non-hydrogen) atoms. The van der Waals surface area contributed by atoms with Crippen LogP contribution in [0.4, 0.5) is 5.69 Å². The van der Waals surface area contributed by atoms with Gasteiger partial charge in [0.1, 0.15) is 11.4 Å². The molecule has 0 radical (unpaired) electrons. The van der Waals surface area contributed by atoms with Crippen molar-refractivity contribution in [2.45, 2.75) is 18.8 Å². The van der Waals surface area contributed by atoms with Crippen LogP contribution in [0.2, 0.25) is 0 Å². The van der Waals surface area contributed by atoms with Gasteiger partial charge in [0.25, 0.3) is 5.91 Å². The van der Waals surface area contributed by atoms with E-state index in [9.17, 15) is 9.59 Å². The van der Waals surface area contributed by atoms with E-state index in [0.29, 0.717) is 23.0 Å². The molecule has 1 fully saturated rings. The van der Waals surface area contributed by atoms with Crippen LogP contribution in [0, 0.1) is 0 Å². The van der Waals surface area contributed by atoms with Crippen molar-refractivity contribution in [3.8, 4) is 11.4 Å². The van der Waals surface area contributed by atoms with Crippen LogP contribution < -0.4 is 10.1 Å². The van der Waals surface area contributed by atoms with E-state index < -0.39 is 0 Å². The molecule has 154 valence electrons. The molecule has 1 saturated carbocycles. The van der Waals surface area contributed by atoms with E-state index in [4.69, 9.17) is 4.74 Å². The standard InChI is InChI=1S/C23H24N4O3/c1-26(15-22(28)24-17-10-12-19(30-2)13-11-17)23(29)21-14-20(16-8-9-16)25-27(21)18-6-4-3-5-7-18/h3-7,10-14,16H,8-9,15H2,1-2H3,(H,24,28). The number of carbonyl (C=O) groups is 2. The lowest BCUT2D eigenvalue weighted by atomic mass is 10.2. The number of aromatic nitrogens is 2. The Labute approximate surface area is 175 Å². The van der Waals surface area contributed by atoms with Gasteiger partial charge >= 0.3 is 0 Å². The normalized spacial score (nSPS) is 13.0. The Balaban J connectivity index is 1.48. The lowest BCUT2D eigenvalue weighted by Crippen LogP contribution is -2.35. The Morgan fingerprint density at radius 1 is 1.13 bits per heavy atom. The lowest BCUT2D eigenvalue weighted by molar-refractivity contribution is -0.116. The van der Waals surface area contributed by atoms with Crippen LogP contribution in [0.15, 0.2) is 60.7 Å². The number of nitrogens with one attached hydrogen (secondary N) is 1. The number of carbonyl (C=O) groups excluding carboxylic acids is 2. The number of hydrogen-bond donors (Lipinski definition) is 1. The van der Waals surface area contributed by atoms with Gasteiger partial charge in [0.15, 0.2) is 0 Å². The fraction of sp³-hybridized carbons (Fsp3) is 0.261. The number of rotatable bonds is 7. The number of ether oxygens (including phenoxy) is 1. The molecule has 1 aliphatic rings. The Kier molecular flexibility index (Phi) is 5.52. The first-order chi connectivity index (χ1) is 14.5. The summed E-state index contributed by atoms with van der Waals surface area (Å²) >= 11 is 0. The van der Waals surface area contributed by atoms with Crippen molar-refractivity contribution in [3.05, 3.63) is 72.1 Å². The van der Waals surface area contributed by atoms with Crippen molar-refractivity contribution in [1.82, 2.24) is 14.7 Å². The van der Waals surface area contributed by atoms with Crippen LogP contribution in [0.25, 0.3) is 5.69 Å². The van der Waals surface area contributed by atoms with E-state index in [-0.39, 0.29) is 18.4 Å². The monoisotopic (exact) mass is 404 g/mol. The summed E-state index contributed by atoms with van der Waals surface area (Å²) < 4.78 is 6.79. The molecule has 4 rings (SSSR count). The van der Waals surface area contributed by atoms with Crippen molar-refractivity contribution in [2.75, 3.05) is 26.0 Å². The minimum Gasteiger partial charge on any atom is -0.497 e. The smallest absolute Gasteiger partial charge is 0.272 e. The first-order valence-corrected chi connectivity index (χ1v) is 9.90. The van der Waals surface area contributed by atoms with Crippen LogP contribution in [0.1, 0.15) is 34.9 Å². The number of para-hydroxylation sites is 1. The first kappa shape index (κ1) is 19.7. The van der Waals surface area contributed by atoms with E-state index in [0.717, 1.165) is 24.2 Å². The fourth-order valence-electron chi connectivity index (χ4n) is 3.25. The van der Waals surface area contributed by atoms with Crippen molar-refractivity contribution in [3.63, 3.8) is 0 Å². The summed E-state index contributed by atoms with van der Waals surface area (Å²) in [5.41, 5.74) is 2.86. The molecule has 0 saturated heterocycles. The topological polar surface area (TPSA) is 76.5 Å². The molecule has 0 unspecified atom stereocenters. The zero-order valence-electron chi connectivity index (χ0n) is 17.0. The van der Waals surface area contributed by atoms with Crippen LogP contribution in [0.3, 0.4) is 0 Å². The zero-order valence-corrected chi connectivity index (χ0v) is 17.0. The number of nitrogens with zero attached hydrogens (tertiary/aromatic N) is 3. The number of hydrogen-bond acceptors (Lipinski definition) is 4. The summed E-state index contributed by atoms with van der Waals surface area (Å²) in [6.45, 7) is -0.0659. The quantitative estimate of drug-likeness (QED) is 0.654. The second-order valence-electron chi connectivity index (χ2n) is 7.41. The summed E-state index contributed by atoms with van der Waals surface area (Å²) in [5.74, 6) is 0.610. The lowest BCUT2D eigenvalue weighted by Gasteiger charge is -2.17. The SMILES string of the molecule is COc1ccc(NC(=O)CN(C)C(=O)c2cc(C3CC3)nn2-c2ccccc2)cc1. The Morgan fingerprint density at radius 3 is 2.47 bits per heavy atom. The molecular formula is C23H24N4O3. The number of methoxy groups -OCH3 is 1. The van der Waals surface area contributed by atoms with Crippen molar-refractivity contribution < 1.29 is 14.3 Å². The molecule has 1 aliphatic carbocycles. The molecule has 0 atom stereocenters. The summed E-state index contributed by atoms with van der Waals surface area (Å²) in [4.78, 5) is 27.0. The Morgan fingerprint density at radius 2 is 1.83 bits per heavy atom. The highest BCUT2D eigenvalue weighted by molar-refractivity contribution is 5.98. The largest absolute Gasteiger partial charge is 0.497 e. The van der Waals surface area contributed by atoms with Gasteiger partial charge in [0.05, 0.1) is 25.0 Å². The van der Waals surface area contributed by atoms with E-state index in [2.05, 4.69) is 10.4 Å². The Hall–Kier alpha value is -3.61. The summed E-state index contributed by atoms with van der Waals surface area (Å²) in [6, 6.07) is 18.5. The molecule has 1 N–H and O–H groups in total. The molecular weight excluding hydrogens is 380 g/mol. The average Bonchev–Trinajstić information content (AvgIpc) is 3.52. The molecule has 7 nitrogen and oxygen atoms in total. The van der Waals surface area contributed by atoms with Gasteiger partial charge < -0.3 is 15.0 Å². The second kappa shape index (κ2) is 8.41. The third-order valence-corrected chi connectivity index (χ3v) is 5.05. The maximum Gasteiger partial charge on any atom is 0.272 e. The molecule has 0 spiro atoms. The minimum absolute atomic E-state index is 0.0659. The van der Waals surface area contributed by atoms with Gasteiger partial charge in [-0.2, -0.15) is 5.10 Å². The highest BCUT2D eigenvalue weighted by Crippen LogP contribution is 2.39. The minimum atomic E-state index is -0.274. The first-order valence-electron chi connectivity index (χ1n) is 9.90. The van der Waals surface area contributed by atoms with E-state index >= 15 is 0 Å². The van der Waals surface area contributed by atoms with Gasteiger partial charge in [0.2, 0.25) is 5.91 Å². The molecule has 2 aromatic carbocycles. The third-order valence-electron chi connectivity index (χ3n) is 5.05. The molecule has 0 aliphatic heterocycles.